The van der Waals surface area contributed by atoms with Crippen LogP contribution < -0.4 is 0 Å². The summed E-state index contributed by atoms with van der Waals surface area (Å²) in [5.74, 6) is -2.42. The van der Waals surface area contributed by atoms with E-state index < -0.39 is 23.9 Å². The number of benzene rings is 1. The lowest BCUT2D eigenvalue weighted by Gasteiger charge is -1.98. The van der Waals surface area contributed by atoms with Crippen LogP contribution in [0.4, 0.5) is 13.2 Å². The van der Waals surface area contributed by atoms with Crippen molar-refractivity contribution in [3.63, 3.8) is 0 Å². The Morgan fingerprint density at radius 3 is 2.50 bits per heavy atom. The van der Waals surface area contributed by atoms with E-state index in [9.17, 15) is 13.2 Å². The van der Waals surface area contributed by atoms with Gasteiger partial charge in [0.15, 0.2) is 11.6 Å². The van der Waals surface area contributed by atoms with Crippen molar-refractivity contribution < 1.29 is 13.2 Å². The molecule has 12 heavy (non-hydrogen) atoms. The van der Waals surface area contributed by atoms with Crippen LogP contribution in [0.3, 0.4) is 0 Å². The Kier molecular flexibility index (Phi) is 2.34. The fourth-order valence-electron chi connectivity index (χ4n) is 0.804. The number of hydrogen-bond donors (Lipinski definition) is 0. The molecule has 0 N–H and O–H groups in total. The third kappa shape index (κ3) is 1.40. The average molecular weight is 171 g/mol. The van der Waals surface area contributed by atoms with E-state index >= 15 is 0 Å². The molecule has 0 aliphatic carbocycles. The molecule has 62 valence electrons. The summed E-state index contributed by atoms with van der Waals surface area (Å²) < 4.78 is 37.1. The summed E-state index contributed by atoms with van der Waals surface area (Å²) in [6, 6.07) is 3.15. The van der Waals surface area contributed by atoms with Crippen molar-refractivity contribution in [1.29, 1.82) is 5.26 Å². The van der Waals surface area contributed by atoms with E-state index in [1.165, 1.54) is 6.07 Å². The van der Waals surface area contributed by atoms with Crippen molar-refractivity contribution in [1.82, 2.24) is 0 Å². The summed E-state index contributed by atoms with van der Waals surface area (Å²) >= 11 is 0. The summed E-state index contributed by atoms with van der Waals surface area (Å²) in [7, 11) is 0. The van der Waals surface area contributed by atoms with Gasteiger partial charge < -0.3 is 0 Å². The lowest BCUT2D eigenvalue weighted by molar-refractivity contribution is 0.471. The van der Waals surface area contributed by atoms with Gasteiger partial charge in [-0.2, -0.15) is 5.26 Å². The maximum atomic E-state index is 12.6. The quantitative estimate of drug-likeness (QED) is 0.636. The minimum absolute atomic E-state index is 0.0366. The van der Waals surface area contributed by atoms with Crippen LogP contribution in [0.25, 0.3) is 0 Å². The number of nitriles is 1. The van der Waals surface area contributed by atoms with Crippen molar-refractivity contribution in [3.8, 4) is 6.07 Å². The Morgan fingerprint density at radius 1 is 1.33 bits per heavy atom. The Labute approximate surface area is 67.1 Å². The topological polar surface area (TPSA) is 23.8 Å². The summed E-state index contributed by atoms with van der Waals surface area (Å²) in [4.78, 5) is 0. The predicted molar refractivity (Wildman–Crippen MR) is 35.9 cm³/mol. The van der Waals surface area contributed by atoms with Crippen molar-refractivity contribution in [2.45, 2.75) is 6.67 Å². The van der Waals surface area contributed by atoms with Crippen LogP contribution in [0.2, 0.25) is 0 Å². The van der Waals surface area contributed by atoms with E-state index in [4.69, 9.17) is 5.26 Å². The van der Waals surface area contributed by atoms with Crippen LogP contribution in [0.15, 0.2) is 12.1 Å². The van der Waals surface area contributed by atoms with Crippen molar-refractivity contribution in [2.75, 3.05) is 0 Å². The molecule has 1 rings (SSSR count). The minimum atomic E-state index is -1.23. The Balaban J connectivity index is 3.31. The van der Waals surface area contributed by atoms with Crippen molar-refractivity contribution >= 4 is 0 Å². The van der Waals surface area contributed by atoms with Gasteiger partial charge in [-0.3, -0.25) is 0 Å². The third-order valence-electron chi connectivity index (χ3n) is 1.36. The highest BCUT2D eigenvalue weighted by Crippen LogP contribution is 2.14. The highest BCUT2D eigenvalue weighted by Gasteiger charge is 2.09. The predicted octanol–water partition coefficient (Wildman–Crippen LogP) is 2.31. The molecule has 0 spiro atoms. The maximum absolute atomic E-state index is 12.6. The average Bonchev–Trinajstić information content (AvgIpc) is 2.09. The van der Waals surface area contributed by atoms with Gasteiger partial charge in [0.05, 0.1) is 5.56 Å². The fraction of sp³-hybridized carbons (Fsp3) is 0.125. The number of halogens is 3. The Hall–Kier alpha value is -1.50. The summed E-state index contributed by atoms with van der Waals surface area (Å²) in [6.07, 6.45) is 0. The number of alkyl halides is 1. The second-order valence-electron chi connectivity index (χ2n) is 2.18. The standard InChI is InChI=1S/C8H4F3N/c9-3-5-1-6(4-12)8(11)7(10)2-5/h1-2H,3H2. The van der Waals surface area contributed by atoms with E-state index in [1.54, 1.807) is 0 Å². The van der Waals surface area contributed by atoms with Gasteiger partial charge in [-0.05, 0) is 17.7 Å². The lowest BCUT2D eigenvalue weighted by Crippen LogP contribution is -1.92. The summed E-state index contributed by atoms with van der Waals surface area (Å²) in [5.41, 5.74) is -0.506. The molecule has 0 saturated carbocycles. The molecular formula is C8H4F3N. The van der Waals surface area contributed by atoms with Gasteiger partial charge in [0, 0.05) is 0 Å². The molecule has 0 fully saturated rings. The summed E-state index contributed by atoms with van der Waals surface area (Å²) in [6.45, 7) is -0.911. The number of hydrogen-bond acceptors (Lipinski definition) is 1. The zero-order valence-electron chi connectivity index (χ0n) is 5.94. The molecule has 0 radical (unpaired) electrons. The SMILES string of the molecule is N#Cc1cc(CF)cc(F)c1F. The third-order valence-corrected chi connectivity index (χ3v) is 1.36. The lowest BCUT2D eigenvalue weighted by atomic mass is 10.1. The normalized spacial score (nSPS) is 9.50. The molecule has 0 atom stereocenters. The van der Waals surface area contributed by atoms with Gasteiger partial charge in [-0.1, -0.05) is 0 Å². The van der Waals surface area contributed by atoms with Crippen LogP contribution >= 0.6 is 0 Å². The maximum Gasteiger partial charge on any atom is 0.176 e. The molecule has 1 aromatic rings. The number of rotatable bonds is 1. The van der Waals surface area contributed by atoms with E-state index in [0.717, 1.165) is 12.1 Å². The first-order valence-corrected chi connectivity index (χ1v) is 3.13. The van der Waals surface area contributed by atoms with E-state index in [1.807, 2.05) is 0 Å². The first kappa shape index (κ1) is 8.60. The molecule has 1 nitrogen and oxygen atoms in total. The van der Waals surface area contributed by atoms with Crippen LogP contribution in [-0.2, 0) is 6.67 Å². The van der Waals surface area contributed by atoms with Gasteiger partial charge in [0.1, 0.15) is 12.7 Å². The first-order chi connectivity index (χ1) is 5.69. The molecule has 0 heterocycles. The van der Waals surface area contributed by atoms with E-state index in [-0.39, 0.29) is 5.56 Å². The molecule has 0 saturated heterocycles. The van der Waals surface area contributed by atoms with Crippen LogP contribution in [0.1, 0.15) is 11.1 Å². The van der Waals surface area contributed by atoms with Crippen LogP contribution in [0.5, 0.6) is 0 Å². The molecule has 0 amide bonds. The Morgan fingerprint density at radius 2 is 2.00 bits per heavy atom. The molecule has 0 bridgehead atoms. The molecule has 0 unspecified atom stereocenters. The van der Waals surface area contributed by atoms with Crippen molar-refractivity contribution in [3.05, 3.63) is 34.9 Å². The zero-order valence-corrected chi connectivity index (χ0v) is 5.94. The highest BCUT2D eigenvalue weighted by molar-refractivity contribution is 5.34. The van der Waals surface area contributed by atoms with Crippen LogP contribution in [0, 0.1) is 23.0 Å². The van der Waals surface area contributed by atoms with E-state index in [0.29, 0.717) is 0 Å². The molecule has 1 aromatic carbocycles. The zero-order chi connectivity index (χ0) is 9.14. The monoisotopic (exact) mass is 171 g/mol. The fourth-order valence-corrected chi connectivity index (χ4v) is 0.804. The number of nitrogens with zero attached hydrogens (tertiary/aromatic N) is 1. The molecular weight excluding hydrogens is 167 g/mol. The molecule has 0 aliphatic rings. The first-order valence-electron chi connectivity index (χ1n) is 3.13. The second kappa shape index (κ2) is 3.26. The second-order valence-corrected chi connectivity index (χ2v) is 2.18. The van der Waals surface area contributed by atoms with Gasteiger partial charge in [0.2, 0.25) is 0 Å². The van der Waals surface area contributed by atoms with Gasteiger partial charge in [0.25, 0.3) is 0 Å². The van der Waals surface area contributed by atoms with Gasteiger partial charge in [-0.25, -0.2) is 13.2 Å². The summed E-state index contributed by atoms with van der Waals surface area (Å²) in [5, 5.41) is 8.28. The largest absolute Gasteiger partial charge is 0.246 e. The molecule has 4 heteroatoms. The smallest absolute Gasteiger partial charge is 0.176 e. The Bertz CT molecular complexity index is 341. The van der Waals surface area contributed by atoms with Gasteiger partial charge >= 0.3 is 0 Å². The van der Waals surface area contributed by atoms with Crippen molar-refractivity contribution in [2.24, 2.45) is 0 Å². The van der Waals surface area contributed by atoms with Gasteiger partial charge in [-0.15, -0.1) is 0 Å². The molecule has 0 aliphatic heterocycles. The highest BCUT2D eigenvalue weighted by atomic mass is 19.2. The van der Waals surface area contributed by atoms with E-state index in [2.05, 4.69) is 0 Å². The van der Waals surface area contributed by atoms with Crippen LogP contribution in [-0.4, -0.2) is 0 Å². The minimum Gasteiger partial charge on any atom is -0.246 e. The molecule has 0 aromatic heterocycles.